The second kappa shape index (κ2) is 4.21. The minimum absolute atomic E-state index is 0.901. The SMILES string of the molecule is C/C=C/C1O[C@H](C(=O)O)[C@@H](C(=O)O)O1. The van der Waals surface area contributed by atoms with E-state index in [2.05, 4.69) is 0 Å². The Labute approximate surface area is 79.7 Å². The fourth-order valence-electron chi connectivity index (χ4n) is 1.09. The molecule has 14 heavy (non-hydrogen) atoms. The quantitative estimate of drug-likeness (QED) is 0.618. The van der Waals surface area contributed by atoms with Crippen molar-refractivity contribution in [3.63, 3.8) is 0 Å². The van der Waals surface area contributed by atoms with Crippen LogP contribution in [0.25, 0.3) is 0 Å². The Bertz CT molecular complexity index is 249. The van der Waals surface area contributed by atoms with E-state index in [0.717, 1.165) is 0 Å². The molecule has 0 amide bonds. The third kappa shape index (κ3) is 2.09. The maximum Gasteiger partial charge on any atom is 0.336 e. The molecule has 0 aliphatic carbocycles. The van der Waals surface area contributed by atoms with Crippen molar-refractivity contribution in [2.45, 2.75) is 25.4 Å². The van der Waals surface area contributed by atoms with E-state index in [1.807, 2.05) is 0 Å². The van der Waals surface area contributed by atoms with Crippen LogP contribution in [0.2, 0.25) is 0 Å². The van der Waals surface area contributed by atoms with Gasteiger partial charge in [0.2, 0.25) is 0 Å². The summed E-state index contributed by atoms with van der Waals surface area (Å²) >= 11 is 0. The summed E-state index contributed by atoms with van der Waals surface area (Å²) in [7, 11) is 0. The third-order valence-corrected chi connectivity index (χ3v) is 1.67. The first-order chi connectivity index (χ1) is 6.56. The molecule has 2 atom stereocenters. The molecule has 1 aliphatic heterocycles. The Morgan fingerprint density at radius 2 is 1.57 bits per heavy atom. The first-order valence-corrected chi connectivity index (χ1v) is 3.95. The molecule has 1 saturated heterocycles. The van der Waals surface area contributed by atoms with Crippen LogP contribution in [0.4, 0.5) is 0 Å². The summed E-state index contributed by atoms with van der Waals surface area (Å²) < 4.78 is 9.70. The van der Waals surface area contributed by atoms with Crippen LogP contribution < -0.4 is 0 Å². The third-order valence-electron chi connectivity index (χ3n) is 1.67. The summed E-state index contributed by atoms with van der Waals surface area (Å²) in [6, 6.07) is 0. The molecule has 1 fully saturated rings. The van der Waals surface area contributed by atoms with Gasteiger partial charge < -0.3 is 19.7 Å². The number of hydrogen-bond donors (Lipinski definition) is 2. The van der Waals surface area contributed by atoms with E-state index in [4.69, 9.17) is 19.7 Å². The van der Waals surface area contributed by atoms with Gasteiger partial charge in [0.1, 0.15) is 0 Å². The van der Waals surface area contributed by atoms with Crippen molar-refractivity contribution < 1.29 is 29.3 Å². The van der Waals surface area contributed by atoms with E-state index in [1.165, 1.54) is 6.08 Å². The molecule has 0 spiro atoms. The topological polar surface area (TPSA) is 93.1 Å². The molecule has 0 aromatic carbocycles. The minimum atomic E-state index is -1.45. The zero-order valence-corrected chi connectivity index (χ0v) is 7.41. The second-order valence-corrected chi connectivity index (χ2v) is 2.68. The zero-order chi connectivity index (χ0) is 10.7. The van der Waals surface area contributed by atoms with Gasteiger partial charge in [-0.3, -0.25) is 0 Å². The predicted molar refractivity (Wildman–Crippen MR) is 43.6 cm³/mol. The molecule has 0 radical (unpaired) electrons. The molecule has 0 bridgehead atoms. The molecule has 1 rings (SSSR count). The highest BCUT2D eigenvalue weighted by atomic mass is 16.7. The molecule has 2 N–H and O–H groups in total. The minimum Gasteiger partial charge on any atom is -0.479 e. The van der Waals surface area contributed by atoms with Crippen molar-refractivity contribution in [2.24, 2.45) is 0 Å². The lowest BCUT2D eigenvalue weighted by atomic mass is 10.2. The van der Waals surface area contributed by atoms with Crippen molar-refractivity contribution in [1.82, 2.24) is 0 Å². The fourth-order valence-corrected chi connectivity index (χ4v) is 1.09. The van der Waals surface area contributed by atoms with Crippen molar-refractivity contribution >= 4 is 11.9 Å². The summed E-state index contributed by atoms with van der Waals surface area (Å²) in [4.78, 5) is 21.1. The van der Waals surface area contributed by atoms with Gasteiger partial charge in [0, 0.05) is 0 Å². The molecular formula is C8H10O6. The van der Waals surface area contributed by atoms with Gasteiger partial charge in [-0.05, 0) is 13.0 Å². The number of aliphatic carboxylic acids is 2. The molecule has 1 heterocycles. The number of rotatable bonds is 3. The Morgan fingerprint density at radius 3 is 1.86 bits per heavy atom. The molecule has 78 valence electrons. The number of carboxylic acids is 2. The largest absolute Gasteiger partial charge is 0.479 e. The number of carbonyl (C=O) groups is 2. The van der Waals surface area contributed by atoms with Crippen LogP contribution in [0.3, 0.4) is 0 Å². The standard InChI is InChI=1S/C8H10O6/c1-2-3-4-13-5(7(9)10)6(14-4)8(11)12/h2-6H,1H3,(H,9,10)(H,11,12)/b3-2+/t5-,6-/m0/s1. The van der Waals surface area contributed by atoms with Gasteiger partial charge in [0.15, 0.2) is 18.5 Å². The van der Waals surface area contributed by atoms with Crippen LogP contribution in [-0.4, -0.2) is 40.6 Å². The van der Waals surface area contributed by atoms with Crippen LogP contribution in [0.15, 0.2) is 12.2 Å². The van der Waals surface area contributed by atoms with E-state index < -0.39 is 30.4 Å². The number of carboxylic acid groups (broad SMARTS) is 2. The highest BCUT2D eigenvalue weighted by Gasteiger charge is 2.44. The summed E-state index contributed by atoms with van der Waals surface area (Å²) in [5.74, 6) is -2.69. The summed E-state index contributed by atoms with van der Waals surface area (Å²) in [6.07, 6.45) is -0.767. The van der Waals surface area contributed by atoms with E-state index in [1.54, 1.807) is 13.0 Å². The highest BCUT2D eigenvalue weighted by molar-refractivity contribution is 5.84. The van der Waals surface area contributed by atoms with E-state index in [-0.39, 0.29) is 0 Å². The Kier molecular flexibility index (Phi) is 3.21. The number of allylic oxidation sites excluding steroid dienone is 1. The summed E-state index contributed by atoms with van der Waals surface area (Å²) in [5.41, 5.74) is 0. The smallest absolute Gasteiger partial charge is 0.336 e. The summed E-state index contributed by atoms with van der Waals surface area (Å²) in [6.45, 7) is 1.69. The van der Waals surface area contributed by atoms with E-state index in [9.17, 15) is 9.59 Å². The van der Waals surface area contributed by atoms with Gasteiger partial charge in [-0.1, -0.05) is 6.08 Å². The fraction of sp³-hybridized carbons (Fsp3) is 0.500. The van der Waals surface area contributed by atoms with Gasteiger partial charge in [-0.2, -0.15) is 0 Å². The van der Waals surface area contributed by atoms with Crippen LogP contribution in [-0.2, 0) is 19.1 Å². The van der Waals surface area contributed by atoms with Gasteiger partial charge in [-0.15, -0.1) is 0 Å². The van der Waals surface area contributed by atoms with Gasteiger partial charge in [0.05, 0.1) is 0 Å². The highest BCUT2D eigenvalue weighted by Crippen LogP contribution is 2.20. The van der Waals surface area contributed by atoms with Crippen molar-refractivity contribution in [3.05, 3.63) is 12.2 Å². The van der Waals surface area contributed by atoms with Gasteiger partial charge >= 0.3 is 11.9 Å². The van der Waals surface area contributed by atoms with Crippen LogP contribution in [0.5, 0.6) is 0 Å². The summed E-state index contributed by atoms with van der Waals surface area (Å²) in [5, 5.41) is 17.3. The maximum absolute atomic E-state index is 10.6. The van der Waals surface area contributed by atoms with Crippen LogP contribution in [0, 0.1) is 0 Å². The Hall–Kier alpha value is -1.40. The van der Waals surface area contributed by atoms with Crippen LogP contribution >= 0.6 is 0 Å². The molecule has 0 unspecified atom stereocenters. The molecule has 1 aliphatic rings. The normalized spacial score (nSPS) is 28.4. The maximum atomic E-state index is 10.6. The molecular weight excluding hydrogens is 192 g/mol. The number of ether oxygens (including phenoxy) is 2. The predicted octanol–water partition coefficient (Wildman–Crippen LogP) is -0.158. The number of hydrogen-bond acceptors (Lipinski definition) is 4. The second-order valence-electron chi connectivity index (χ2n) is 2.68. The molecule has 0 aromatic rings. The zero-order valence-electron chi connectivity index (χ0n) is 7.41. The van der Waals surface area contributed by atoms with Gasteiger partial charge in [0.25, 0.3) is 0 Å². The lowest BCUT2D eigenvalue weighted by Crippen LogP contribution is -2.36. The van der Waals surface area contributed by atoms with Crippen molar-refractivity contribution in [2.75, 3.05) is 0 Å². The monoisotopic (exact) mass is 202 g/mol. The first kappa shape index (κ1) is 10.7. The molecule has 0 aromatic heterocycles. The average molecular weight is 202 g/mol. The lowest BCUT2D eigenvalue weighted by molar-refractivity contribution is -0.156. The first-order valence-electron chi connectivity index (χ1n) is 3.95. The van der Waals surface area contributed by atoms with E-state index in [0.29, 0.717) is 0 Å². The Balaban J connectivity index is 2.74. The van der Waals surface area contributed by atoms with E-state index >= 15 is 0 Å². The molecule has 6 heteroatoms. The molecule has 0 saturated carbocycles. The Morgan fingerprint density at radius 1 is 1.14 bits per heavy atom. The van der Waals surface area contributed by atoms with Gasteiger partial charge in [-0.25, -0.2) is 9.59 Å². The van der Waals surface area contributed by atoms with Crippen LogP contribution in [0.1, 0.15) is 6.92 Å². The van der Waals surface area contributed by atoms with Crippen molar-refractivity contribution in [3.8, 4) is 0 Å². The lowest BCUT2D eigenvalue weighted by Gasteiger charge is -2.06. The molecule has 6 nitrogen and oxygen atoms in total. The average Bonchev–Trinajstić information content (AvgIpc) is 2.49. The van der Waals surface area contributed by atoms with Crippen molar-refractivity contribution in [1.29, 1.82) is 0 Å².